The maximum Gasteiger partial charge on any atom is 0.246 e. The van der Waals surface area contributed by atoms with Crippen LogP contribution in [0.3, 0.4) is 0 Å². The molecule has 7 heteroatoms. The lowest BCUT2D eigenvalue weighted by Gasteiger charge is -2.35. The largest absolute Gasteiger partial charge is 0.381 e. The molecule has 1 amide bonds. The van der Waals surface area contributed by atoms with Crippen LogP contribution in [0.15, 0.2) is 25.2 Å². The third-order valence-corrected chi connectivity index (χ3v) is 6.11. The van der Waals surface area contributed by atoms with E-state index in [-0.39, 0.29) is 11.9 Å². The van der Waals surface area contributed by atoms with Crippen LogP contribution in [0, 0.1) is 0 Å². The van der Waals surface area contributed by atoms with Crippen LogP contribution >= 0.6 is 0 Å². The summed E-state index contributed by atoms with van der Waals surface area (Å²) in [6.45, 7) is 6.83. The summed E-state index contributed by atoms with van der Waals surface area (Å²) in [6, 6.07) is 0.570. The van der Waals surface area contributed by atoms with Crippen molar-refractivity contribution in [2.45, 2.75) is 37.3 Å². The highest BCUT2D eigenvalue weighted by Gasteiger charge is 2.45. The van der Waals surface area contributed by atoms with Crippen LogP contribution in [-0.2, 0) is 9.53 Å². The van der Waals surface area contributed by atoms with Crippen molar-refractivity contribution in [2.24, 2.45) is 0 Å². The molecular formula is C19H23N5O2. The van der Waals surface area contributed by atoms with Gasteiger partial charge in [-0.25, -0.2) is 9.97 Å². The molecule has 0 unspecified atom stereocenters. The maximum absolute atomic E-state index is 12.0. The van der Waals surface area contributed by atoms with E-state index in [0.29, 0.717) is 12.0 Å². The Labute approximate surface area is 152 Å². The van der Waals surface area contributed by atoms with E-state index in [9.17, 15) is 4.79 Å². The zero-order valence-electron chi connectivity index (χ0n) is 14.7. The summed E-state index contributed by atoms with van der Waals surface area (Å²) in [5.41, 5.74) is 2.21. The van der Waals surface area contributed by atoms with Gasteiger partial charge in [0.05, 0.1) is 17.5 Å². The third-order valence-electron chi connectivity index (χ3n) is 6.11. The van der Waals surface area contributed by atoms with Crippen LogP contribution in [0.25, 0.3) is 11.0 Å². The molecule has 136 valence electrons. The molecule has 2 aromatic rings. The van der Waals surface area contributed by atoms with Crippen LogP contribution in [0.4, 0.5) is 5.82 Å². The lowest BCUT2D eigenvalue weighted by molar-refractivity contribution is -0.127. The van der Waals surface area contributed by atoms with Crippen LogP contribution in [0.2, 0.25) is 0 Å². The first-order chi connectivity index (χ1) is 12.8. The molecule has 0 radical (unpaired) electrons. The lowest BCUT2D eigenvalue weighted by Crippen LogP contribution is -2.48. The Morgan fingerprint density at radius 1 is 1.27 bits per heavy atom. The minimum Gasteiger partial charge on any atom is -0.381 e. The SMILES string of the molecule is C=CC(=O)N1C[C@H]2C[C@@H]1CN2c1ncnc2[nH]cc(C3CCOCC3)c12. The molecule has 0 aromatic carbocycles. The number of amides is 1. The first-order valence-electron chi connectivity index (χ1n) is 9.35. The number of piperazine rings is 1. The Bertz CT molecular complexity index is 857. The van der Waals surface area contributed by atoms with E-state index in [2.05, 4.69) is 32.6 Å². The van der Waals surface area contributed by atoms with Crippen molar-refractivity contribution in [3.63, 3.8) is 0 Å². The summed E-state index contributed by atoms with van der Waals surface area (Å²) < 4.78 is 5.53. The molecule has 3 aliphatic heterocycles. The summed E-state index contributed by atoms with van der Waals surface area (Å²) in [4.78, 5) is 28.8. The Kier molecular flexibility index (Phi) is 3.70. The quantitative estimate of drug-likeness (QED) is 0.852. The number of ether oxygens (including phenoxy) is 1. The number of likely N-dealkylation sites (tertiary alicyclic amines) is 1. The van der Waals surface area contributed by atoms with Gasteiger partial charge in [0.2, 0.25) is 5.91 Å². The second-order valence-electron chi connectivity index (χ2n) is 7.44. The average Bonchev–Trinajstić information content (AvgIpc) is 3.41. The van der Waals surface area contributed by atoms with Crippen LogP contribution in [-0.4, -0.2) is 64.1 Å². The van der Waals surface area contributed by atoms with Gasteiger partial charge >= 0.3 is 0 Å². The number of carbonyl (C=O) groups is 1. The highest BCUT2D eigenvalue weighted by Crippen LogP contribution is 2.40. The summed E-state index contributed by atoms with van der Waals surface area (Å²) in [5, 5.41) is 1.15. The van der Waals surface area contributed by atoms with Crippen molar-refractivity contribution in [1.29, 1.82) is 0 Å². The zero-order valence-corrected chi connectivity index (χ0v) is 14.7. The Hall–Kier alpha value is -2.41. The lowest BCUT2D eigenvalue weighted by atomic mass is 9.92. The number of carbonyl (C=O) groups excluding carboxylic acids is 1. The molecule has 3 fully saturated rings. The predicted octanol–water partition coefficient (Wildman–Crippen LogP) is 1.83. The molecule has 0 aliphatic carbocycles. The second kappa shape index (κ2) is 6.09. The summed E-state index contributed by atoms with van der Waals surface area (Å²) in [5.74, 6) is 1.53. The van der Waals surface area contributed by atoms with E-state index in [1.54, 1.807) is 6.33 Å². The molecule has 26 heavy (non-hydrogen) atoms. The Morgan fingerprint density at radius 2 is 2.12 bits per heavy atom. The van der Waals surface area contributed by atoms with Crippen molar-refractivity contribution in [2.75, 3.05) is 31.2 Å². The fourth-order valence-electron chi connectivity index (χ4n) is 4.83. The predicted molar refractivity (Wildman–Crippen MR) is 98.1 cm³/mol. The van der Waals surface area contributed by atoms with Crippen molar-refractivity contribution in [3.05, 3.63) is 30.7 Å². The third kappa shape index (κ3) is 2.34. The van der Waals surface area contributed by atoms with Crippen LogP contribution < -0.4 is 4.90 Å². The molecule has 3 aliphatic rings. The normalized spacial score (nSPS) is 26.0. The van der Waals surface area contributed by atoms with E-state index >= 15 is 0 Å². The van der Waals surface area contributed by atoms with Gasteiger partial charge in [0.25, 0.3) is 0 Å². The zero-order chi connectivity index (χ0) is 17.7. The van der Waals surface area contributed by atoms with Gasteiger partial charge in [0.15, 0.2) is 0 Å². The number of fused-ring (bicyclic) bond motifs is 3. The van der Waals surface area contributed by atoms with Gasteiger partial charge < -0.3 is 19.5 Å². The summed E-state index contributed by atoms with van der Waals surface area (Å²) in [6.07, 6.45) is 8.23. The Balaban J connectivity index is 1.50. The molecule has 5 rings (SSSR count). The van der Waals surface area contributed by atoms with Crippen molar-refractivity contribution in [3.8, 4) is 0 Å². The number of nitrogens with zero attached hydrogens (tertiary/aromatic N) is 4. The highest BCUT2D eigenvalue weighted by molar-refractivity contribution is 5.92. The van der Waals surface area contributed by atoms with Crippen molar-refractivity contribution < 1.29 is 9.53 Å². The van der Waals surface area contributed by atoms with Crippen molar-refractivity contribution >= 4 is 22.8 Å². The number of H-pyrrole nitrogens is 1. The van der Waals surface area contributed by atoms with E-state index in [0.717, 1.165) is 62.4 Å². The van der Waals surface area contributed by atoms with E-state index in [1.807, 2.05) is 4.90 Å². The number of aromatic nitrogens is 3. The van der Waals surface area contributed by atoms with Crippen LogP contribution in [0.5, 0.6) is 0 Å². The molecular weight excluding hydrogens is 330 g/mol. The van der Waals surface area contributed by atoms with Gasteiger partial charge in [-0.1, -0.05) is 6.58 Å². The number of aromatic amines is 1. The molecule has 2 atom stereocenters. The Morgan fingerprint density at radius 3 is 2.85 bits per heavy atom. The fourth-order valence-corrected chi connectivity index (χ4v) is 4.83. The molecule has 5 heterocycles. The molecule has 2 aromatic heterocycles. The number of nitrogens with one attached hydrogen (secondary N) is 1. The number of hydrogen-bond acceptors (Lipinski definition) is 5. The first-order valence-corrected chi connectivity index (χ1v) is 9.35. The minimum absolute atomic E-state index is 0.0366. The number of hydrogen-bond donors (Lipinski definition) is 1. The first kappa shape index (κ1) is 15.8. The van der Waals surface area contributed by atoms with Gasteiger partial charge in [0, 0.05) is 32.5 Å². The van der Waals surface area contributed by atoms with Crippen LogP contribution in [0.1, 0.15) is 30.7 Å². The van der Waals surface area contributed by atoms with Gasteiger partial charge in [-0.2, -0.15) is 0 Å². The fraction of sp³-hybridized carbons (Fsp3) is 0.526. The standard InChI is InChI=1S/C19H23N5O2/c1-2-16(25)23-9-14-7-13(23)10-24(14)19-17-15(12-3-5-26-6-4-12)8-20-18(17)21-11-22-19/h2,8,11-14H,1,3-7,9-10H2,(H,20,21,22)/t13-,14-/m1/s1. The summed E-state index contributed by atoms with van der Waals surface area (Å²) in [7, 11) is 0. The summed E-state index contributed by atoms with van der Waals surface area (Å²) >= 11 is 0. The van der Waals surface area contributed by atoms with Gasteiger partial charge in [-0.05, 0) is 36.8 Å². The topological polar surface area (TPSA) is 74.4 Å². The molecule has 2 bridgehead atoms. The van der Waals surface area contributed by atoms with E-state index < -0.39 is 0 Å². The molecule has 0 saturated carbocycles. The van der Waals surface area contributed by atoms with E-state index in [1.165, 1.54) is 11.6 Å². The van der Waals surface area contributed by atoms with Gasteiger partial charge in [-0.3, -0.25) is 4.79 Å². The number of rotatable bonds is 3. The van der Waals surface area contributed by atoms with Gasteiger partial charge in [0.1, 0.15) is 17.8 Å². The highest BCUT2D eigenvalue weighted by atomic mass is 16.5. The molecule has 7 nitrogen and oxygen atoms in total. The molecule has 3 saturated heterocycles. The second-order valence-corrected chi connectivity index (χ2v) is 7.44. The number of anilines is 1. The smallest absolute Gasteiger partial charge is 0.246 e. The van der Waals surface area contributed by atoms with E-state index in [4.69, 9.17) is 4.74 Å². The maximum atomic E-state index is 12.0. The van der Waals surface area contributed by atoms with Gasteiger partial charge in [-0.15, -0.1) is 0 Å². The molecule has 0 spiro atoms. The van der Waals surface area contributed by atoms with Crippen molar-refractivity contribution in [1.82, 2.24) is 19.9 Å². The average molecular weight is 353 g/mol. The molecule has 1 N–H and O–H groups in total. The monoisotopic (exact) mass is 353 g/mol. The minimum atomic E-state index is 0.0366.